The van der Waals surface area contributed by atoms with E-state index in [0.717, 1.165) is 31.8 Å². The molecule has 6 aliphatic carbocycles. The Bertz CT molecular complexity index is 3690. The van der Waals surface area contributed by atoms with Gasteiger partial charge in [-0.05, 0) is 148 Å². The van der Waals surface area contributed by atoms with Crippen molar-refractivity contribution in [3.05, 3.63) is 53.6 Å². The minimum absolute atomic E-state index is 0. The molecule has 8 rings (SSSR count). The number of halogens is 2. The number of esters is 2. The molecule has 32 heteroatoms. The molecule has 1 saturated heterocycles. The van der Waals surface area contributed by atoms with Gasteiger partial charge < -0.3 is 85.0 Å². The number of nitrogens with two attached hydrogens (primary N) is 1. The number of hydrogen-bond donors (Lipinski definition) is 8. The van der Waals surface area contributed by atoms with Gasteiger partial charge in [0.15, 0.2) is 41.5 Å². The highest BCUT2D eigenvalue weighted by Crippen LogP contribution is 2.72. The highest BCUT2D eigenvalue weighted by molar-refractivity contribution is 7.59. The number of carboxylic acids is 1. The first-order chi connectivity index (χ1) is 54.8. The zero-order chi connectivity index (χ0) is 83.8. The van der Waals surface area contributed by atoms with E-state index < -0.39 is 186 Å². The molecule has 0 bridgehead atoms. The minimum atomic E-state index is -2.45. The predicted molar refractivity (Wildman–Crippen MR) is 421 cm³/mol. The summed E-state index contributed by atoms with van der Waals surface area (Å²) in [6.07, 6.45) is 0.553. The first-order valence-electron chi connectivity index (χ1n) is 40.8. The number of allylic oxidation sites excluding steroid dienone is 4. The van der Waals surface area contributed by atoms with Gasteiger partial charge in [0.2, 0.25) is 17.6 Å². The average molecular weight is 1650 g/mol. The molecule has 1 aromatic carbocycles. The number of carbonyl (C=O) groups is 12. The quantitative estimate of drug-likeness (QED) is 0.0132. The van der Waals surface area contributed by atoms with E-state index in [2.05, 4.69) is 33.1 Å². The Morgan fingerprint density at radius 2 is 1.39 bits per heavy atom. The smallest absolute Gasteiger partial charge is 0.408 e. The molecule has 9 N–H and O–H groups in total. The number of carbonyl (C=O) groups excluding carboxylic acids is 11. The van der Waals surface area contributed by atoms with E-state index in [-0.39, 0.29) is 140 Å². The third-order valence-corrected chi connectivity index (χ3v) is 24.0. The fraction of sp³-hybridized carbons (Fsp3) is 0.714. The Balaban J connectivity index is 0.0000186. The highest BCUT2D eigenvalue weighted by atomic mass is 32.1. The van der Waals surface area contributed by atoms with Crippen molar-refractivity contribution in [1.82, 2.24) is 16.0 Å². The molecule has 5 amide bonds. The molecule has 7 aliphatic rings. The van der Waals surface area contributed by atoms with Crippen molar-refractivity contribution in [3.63, 3.8) is 0 Å². The van der Waals surface area contributed by atoms with Crippen LogP contribution in [0.5, 0.6) is 0 Å². The van der Waals surface area contributed by atoms with Gasteiger partial charge in [0.1, 0.15) is 24.6 Å². The minimum Gasteiger partial charge on any atom is -0.481 e. The molecule has 0 radical (unpaired) electrons. The zero-order valence-electron chi connectivity index (χ0n) is 67.9. The van der Waals surface area contributed by atoms with Crippen LogP contribution in [0.25, 0.3) is 0 Å². The van der Waals surface area contributed by atoms with E-state index in [1.54, 1.807) is 34.6 Å². The van der Waals surface area contributed by atoms with E-state index in [1.165, 1.54) is 43.3 Å². The van der Waals surface area contributed by atoms with Crippen molar-refractivity contribution in [2.24, 2.45) is 75.7 Å². The molecule has 2 unspecified atom stereocenters. The van der Waals surface area contributed by atoms with Crippen molar-refractivity contribution < 1.29 is 124 Å². The molecule has 646 valence electrons. The van der Waals surface area contributed by atoms with Gasteiger partial charge in [0.25, 0.3) is 0 Å². The standard InChI is InChI=1S/C84H119F2N5O24.H2S/c1-8-15-74-114-71-44-62-63-43-65(85)64-42-57(93)26-28-81(64,6)83(63,86)69(97)45-82(62,7)84(71,115-74)70(98)49-112-78(104)55(38-50(2)3)41-67(95)66(46-92)90-80(106)113-47-52-20-23-56(24-21-52)89-76(102)53(16-13-29-88-79(87)105)40-68(96)75(51(4)5)91-77(103)54(22-25-72(99)100)39-58(94)27-31-108-33-35-110-37-36-109-34-32-107-30-14-19-73(101)111-48-61-59-17-11-9-10-12-18-60(59)61;/h20-21,23-24,26,28,42,50-51,53-55,59-63,65-66,69,71,74-75,92,97H,8,11-19,22,25,27,29-41,43-49H2,1-7H3,(H,89,102)(H,90,106)(H,91,103)(H,99,100)(H3,87,88,105);1H2/t53-,54-,55-,59-,60+,61?,62+,63+,65+,66+,69+,71-,74?,75+,81+,82+,83+,84-;/m1./s1. The van der Waals surface area contributed by atoms with Crippen LogP contribution in [-0.4, -0.2) is 213 Å². The summed E-state index contributed by atoms with van der Waals surface area (Å²) in [5.74, 6) is -4.54. The summed E-state index contributed by atoms with van der Waals surface area (Å²) in [5, 5.41) is 42.2. The Labute approximate surface area is 684 Å². The third-order valence-electron chi connectivity index (χ3n) is 24.0. The number of benzene rings is 1. The largest absolute Gasteiger partial charge is 0.481 e. The topological polar surface area (TPSA) is 423 Å². The number of aliphatic carboxylic acids is 1. The molecular weight excluding hydrogens is 1530 g/mol. The van der Waals surface area contributed by atoms with Crippen LogP contribution in [0, 0.1) is 81.8 Å². The summed E-state index contributed by atoms with van der Waals surface area (Å²) < 4.78 is 86.3. The van der Waals surface area contributed by atoms with Gasteiger partial charge in [0.05, 0.1) is 83.6 Å². The lowest BCUT2D eigenvalue weighted by Gasteiger charge is -2.63. The molecule has 5 fully saturated rings. The number of primary amides is 1. The number of urea groups is 1. The molecule has 0 aromatic heterocycles. The van der Waals surface area contributed by atoms with Gasteiger partial charge in [-0.3, -0.25) is 47.9 Å². The second-order valence-corrected chi connectivity index (χ2v) is 32.8. The van der Waals surface area contributed by atoms with E-state index in [0.29, 0.717) is 82.0 Å². The Morgan fingerprint density at radius 3 is 2.01 bits per heavy atom. The van der Waals surface area contributed by atoms with Crippen molar-refractivity contribution in [2.45, 2.75) is 232 Å². The maximum absolute atomic E-state index is 18.1. The average Bonchev–Trinajstić information content (AvgIpc) is 1.41. The van der Waals surface area contributed by atoms with E-state index in [1.807, 2.05) is 6.92 Å². The van der Waals surface area contributed by atoms with E-state index in [4.69, 9.17) is 48.4 Å². The number of nitrogens with one attached hydrogen (secondary N) is 4. The number of ketones is 5. The summed E-state index contributed by atoms with van der Waals surface area (Å²) >= 11 is 0. The number of aliphatic hydroxyl groups is 2. The molecule has 18 atom stereocenters. The van der Waals surface area contributed by atoms with Gasteiger partial charge in [-0.15, -0.1) is 11.8 Å². The first kappa shape index (κ1) is 95.5. The number of alkyl carbamates (subject to hydrolysis) is 1. The van der Waals surface area contributed by atoms with Gasteiger partial charge >= 0.3 is 30.0 Å². The summed E-state index contributed by atoms with van der Waals surface area (Å²) in [6.45, 7) is 12.4. The molecular formula is C84H121F2N5O24S. The lowest BCUT2D eigenvalue weighted by atomic mass is 9.44. The van der Waals surface area contributed by atoms with Crippen molar-refractivity contribution >= 4 is 89.9 Å². The summed E-state index contributed by atoms with van der Waals surface area (Å²) in [4.78, 5) is 159. The number of amides is 5. The second kappa shape index (κ2) is 45.0. The number of aliphatic hydroxyl groups excluding tert-OH is 2. The van der Waals surface area contributed by atoms with Crippen molar-refractivity contribution in [3.8, 4) is 11.8 Å². The summed E-state index contributed by atoms with van der Waals surface area (Å²) in [7, 11) is 0. The lowest BCUT2D eigenvalue weighted by molar-refractivity contribution is -0.235. The molecule has 1 aliphatic heterocycles. The number of carboxylic acid groups (broad SMARTS) is 1. The SMILES string of the molecule is CCCC1O[C@@H]2C[C@H]3[C@@H]4C[C@H](F)C5=CC(=O)C=C[C@]5(C)[C@@]4(F)[C@@H](O)C[C@]3(C)[C@]2(C(=O)COC(=O)[C@@H](CC(=O)[C@H](CO)NC(=O)OCc2ccc(NC(=O)[C@H](CCCNC(N)=O)CC(=O)[C@@H](NC(=O)[C@H](CCC(=O)O)CC(=O)CCOCCOCCOCCOCCCC(=O)OCC3[C@H]4CCC#CCC[C@@H]34)C(C)C)cc2)CC(C)C)O1.S. The van der Waals surface area contributed by atoms with Gasteiger partial charge in [-0.25, -0.2) is 18.4 Å². The van der Waals surface area contributed by atoms with Crippen LogP contribution in [0.4, 0.5) is 24.1 Å². The molecule has 0 spiro atoms. The molecule has 1 heterocycles. The number of hydrogen-bond acceptors (Lipinski definition) is 23. The summed E-state index contributed by atoms with van der Waals surface area (Å²) in [6, 6.07) is 2.46. The Hall–Kier alpha value is -7.61. The van der Waals surface area contributed by atoms with Crippen LogP contribution in [-0.2, 0) is 97.2 Å². The van der Waals surface area contributed by atoms with Crippen LogP contribution < -0.4 is 27.0 Å². The number of ether oxygens (including phenoxy) is 9. The third kappa shape index (κ3) is 25.0. The maximum atomic E-state index is 18.1. The van der Waals surface area contributed by atoms with Crippen LogP contribution in [0.1, 0.15) is 182 Å². The van der Waals surface area contributed by atoms with E-state index in [9.17, 15) is 72.9 Å². The lowest BCUT2D eigenvalue weighted by Crippen LogP contribution is -2.71. The van der Waals surface area contributed by atoms with Crippen LogP contribution in [0.15, 0.2) is 48.1 Å². The van der Waals surface area contributed by atoms with Crippen LogP contribution >= 0.6 is 13.5 Å². The number of rotatable bonds is 50. The molecule has 1 aromatic rings. The monoisotopic (exact) mass is 1650 g/mol. The number of fused-ring (bicyclic) bond motifs is 8. The highest BCUT2D eigenvalue weighted by Gasteiger charge is 2.80. The molecule has 4 saturated carbocycles. The van der Waals surface area contributed by atoms with E-state index >= 15 is 8.78 Å². The van der Waals surface area contributed by atoms with Crippen LogP contribution in [0.2, 0.25) is 0 Å². The second-order valence-electron chi connectivity index (χ2n) is 32.8. The van der Waals surface area contributed by atoms with Crippen LogP contribution in [0.3, 0.4) is 0 Å². The number of anilines is 1. The molecule has 116 heavy (non-hydrogen) atoms. The fourth-order valence-electron chi connectivity index (χ4n) is 17.9. The van der Waals surface area contributed by atoms with Gasteiger partial charge in [0, 0.05) is 98.8 Å². The normalized spacial score (nSPS) is 27.2. The zero-order valence-corrected chi connectivity index (χ0v) is 68.9. The van der Waals surface area contributed by atoms with Gasteiger partial charge in [-0.2, -0.15) is 13.5 Å². The predicted octanol–water partition coefficient (Wildman–Crippen LogP) is 8.09. The number of alkyl halides is 2. The summed E-state index contributed by atoms with van der Waals surface area (Å²) in [5.41, 5.74) is -1.51. The Morgan fingerprint density at radius 1 is 0.750 bits per heavy atom. The van der Waals surface area contributed by atoms with Gasteiger partial charge in [-0.1, -0.05) is 66.2 Å². The first-order valence-corrected chi connectivity index (χ1v) is 40.8. The van der Waals surface area contributed by atoms with Crippen molar-refractivity contribution in [1.29, 1.82) is 0 Å². The van der Waals surface area contributed by atoms with Crippen molar-refractivity contribution in [2.75, 3.05) is 84.5 Å². The Kier molecular flexibility index (Phi) is 37.0. The maximum Gasteiger partial charge on any atom is 0.408 e. The fourth-order valence-corrected chi connectivity index (χ4v) is 17.9. The molecule has 29 nitrogen and oxygen atoms in total. The number of Topliss-reactive ketones (excluding diaryl/α,β-unsaturated/α-hetero) is 4.